The van der Waals surface area contributed by atoms with Gasteiger partial charge in [-0.05, 0) is 50.4 Å². The van der Waals surface area contributed by atoms with Crippen molar-refractivity contribution in [2.45, 2.75) is 38.6 Å². The lowest BCUT2D eigenvalue weighted by molar-refractivity contribution is 0.310. The van der Waals surface area contributed by atoms with Crippen LogP contribution in [0.25, 0.3) is 0 Å². The van der Waals surface area contributed by atoms with Crippen molar-refractivity contribution < 1.29 is 4.52 Å². The molecule has 0 aliphatic heterocycles. The third-order valence-electron chi connectivity index (χ3n) is 4.15. The number of hydrogen-bond donors (Lipinski definition) is 0. The number of fused-ring (bicyclic) bond motifs is 1. The van der Waals surface area contributed by atoms with Crippen molar-refractivity contribution >= 4 is 15.9 Å². The minimum absolute atomic E-state index is 0.884. The Morgan fingerprint density at radius 3 is 2.76 bits per heavy atom. The van der Waals surface area contributed by atoms with Gasteiger partial charge in [-0.2, -0.15) is 0 Å². The molecule has 0 atom stereocenters. The molecule has 0 N–H and O–H groups in total. The molecular formula is C17H21BrN2O. The summed E-state index contributed by atoms with van der Waals surface area (Å²) in [4.78, 5) is 2.33. The first-order valence-electron chi connectivity index (χ1n) is 7.61. The van der Waals surface area contributed by atoms with Crippen LogP contribution in [0, 0.1) is 0 Å². The Kier molecular flexibility index (Phi) is 4.76. The van der Waals surface area contributed by atoms with Crippen LogP contribution in [0.1, 0.15) is 35.4 Å². The van der Waals surface area contributed by atoms with E-state index in [0.29, 0.717) is 0 Å². The lowest BCUT2D eigenvalue weighted by atomic mass is 9.96. The van der Waals surface area contributed by atoms with Crippen LogP contribution >= 0.6 is 15.9 Å². The highest BCUT2D eigenvalue weighted by Gasteiger charge is 2.19. The molecule has 1 heterocycles. The maximum atomic E-state index is 5.48. The number of aromatic nitrogens is 1. The van der Waals surface area contributed by atoms with E-state index >= 15 is 0 Å². The Bertz CT molecular complexity index is 591. The highest BCUT2D eigenvalue weighted by atomic mass is 79.9. The lowest BCUT2D eigenvalue weighted by Gasteiger charge is -2.16. The third kappa shape index (κ3) is 3.74. The molecule has 0 radical (unpaired) electrons. The molecule has 1 aliphatic rings. The molecular weight excluding hydrogens is 328 g/mol. The molecule has 0 saturated heterocycles. The molecule has 1 aromatic heterocycles. The van der Waals surface area contributed by atoms with Crippen molar-refractivity contribution in [2.75, 3.05) is 13.6 Å². The maximum absolute atomic E-state index is 5.48. The van der Waals surface area contributed by atoms with Crippen molar-refractivity contribution in [1.29, 1.82) is 0 Å². The van der Waals surface area contributed by atoms with E-state index in [9.17, 15) is 0 Å². The zero-order valence-electron chi connectivity index (χ0n) is 12.4. The fourth-order valence-electron chi connectivity index (χ4n) is 2.88. The number of likely N-dealkylation sites (N-methyl/N-ethyl adjacent to an activating group) is 1. The Hall–Kier alpha value is -1.13. The van der Waals surface area contributed by atoms with E-state index in [-0.39, 0.29) is 0 Å². The molecule has 0 spiro atoms. The molecule has 3 rings (SSSR count). The van der Waals surface area contributed by atoms with E-state index in [4.69, 9.17) is 4.52 Å². The Balaban J connectivity index is 1.55. The molecule has 2 aromatic rings. The highest BCUT2D eigenvalue weighted by molar-refractivity contribution is 9.10. The Labute approximate surface area is 134 Å². The van der Waals surface area contributed by atoms with Crippen molar-refractivity contribution in [2.24, 2.45) is 0 Å². The first kappa shape index (κ1) is 14.8. The third-order valence-corrected chi connectivity index (χ3v) is 4.68. The SMILES string of the molecule is CN(CCc1ccc(Br)cc1)Cc1noc2c1CCCC2. The van der Waals surface area contributed by atoms with Gasteiger partial charge < -0.3 is 9.42 Å². The second-order valence-electron chi connectivity index (χ2n) is 5.85. The van der Waals surface area contributed by atoms with Crippen LogP contribution in [0.5, 0.6) is 0 Å². The maximum Gasteiger partial charge on any atom is 0.140 e. The van der Waals surface area contributed by atoms with Crippen LogP contribution in [0.2, 0.25) is 0 Å². The van der Waals surface area contributed by atoms with E-state index in [1.54, 1.807) is 0 Å². The summed E-state index contributed by atoms with van der Waals surface area (Å²) in [7, 11) is 2.16. The number of aryl methyl sites for hydroxylation is 1. The van der Waals surface area contributed by atoms with Crippen LogP contribution in [0.15, 0.2) is 33.3 Å². The van der Waals surface area contributed by atoms with Gasteiger partial charge in [0.1, 0.15) is 11.5 Å². The van der Waals surface area contributed by atoms with Gasteiger partial charge in [0.15, 0.2) is 0 Å². The highest BCUT2D eigenvalue weighted by Crippen LogP contribution is 2.24. The van der Waals surface area contributed by atoms with E-state index in [1.165, 1.54) is 24.0 Å². The van der Waals surface area contributed by atoms with Gasteiger partial charge in [0.25, 0.3) is 0 Å². The average Bonchev–Trinajstić information content (AvgIpc) is 2.90. The summed E-state index contributed by atoms with van der Waals surface area (Å²) < 4.78 is 6.62. The number of hydrogen-bond acceptors (Lipinski definition) is 3. The van der Waals surface area contributed by atoms with Gasteiger partial charge in [-0.1, -0.05) is 33.2 Å². The molecule has 0 unspecified atom stereocenters. The van der Waals surface area contributed by atoms with Crippen LogP contribution in [0.3, 0.4) is 0 Å². The zero-order chi connectivity index (χ0) is 14.7. The largest absolute Gasteiger partial charge is 0.361 e. The first-order valence-corrected chi connectivity index (χ1v) is 8.41. The fourth-order valence-corrected chi connectivity index (χ4v) is 3.14. The summed E-state index contributed by atoms with van der Waals surface area (Å²) in [6.45, 7) is 1.92. The monoisotopic (exact) mass is 348 g/mol. The Morgan fingerprint density at radius 2 is 1.95 bits per heavy atom. The second kappa shape index (κ2) is 6.75. The second-order valence-corrected chi connectivity index (χ2v) is 6.77. The Morgan fingerprint density at radius 1 is 1.19 bits per heavy atom. The molecule has 4 heteroatoms. The molecule has 0 amide bonds. The predicted octanol–water partition coefficient (Wildman–Crippen LogP) is 3.99. The summed E-state index contributed by atoms with van der Waals surface area (Å²) in [5, 5.41) is 4.28. The summed E-state index contributed by atoms with van der Waals surface area (Å²) in [5.41, 5.74) is 3.88. The summed E-state index contributed by atoms with van der Waals surface area (Å²) in [6, 6.07) is 8.55. The van der Waals surface area contributed by atoms with Gasteiger partial charge in [0.05, 0.1) is 0 Å². The van der Waals surface area contributed by atoms with E-state index < -0.39 is 0 Å². The van der Waals surface area contributed by atoms with Crippen LogP contribution in [-0.2, 0) is 25.8 Å². The van der Waals surface area contributed by atoms with E-state index in [2.05, 4.69) is 57.3 Å². The van der Waals surface area contributed by atoms with Crippen LogP contribution in [-0.4, -0.2) is 23.6 Å². The molecule has 0 bridgehead atoms. The molecule has 3 nitrogen and oxygen atoms in total. The minimum atomic E-state index is 0.884. The normalized spacial score (nSPS) is 14.4. The number of nitrogens with zero attached hydrogens (tertiary/aromatic N) is 2. The molecule has 1 aliphatic carbocycles. The van der Waals surface area contributed by atoms with E-state index in [0.717, 1.165) is 48.3 Å². The summed E-state index contributed by atoms with van der Waals surface area (Å²) in [6.07, 6.45) is 5.76. The minimum Gasteiger partial charge on any atom is -0.361 e. The van der Waals surface area contributed by atoms with Crippen molar-refractivity contribution in [3.8, 4) is 0 Å². The quantitative estimate of drug-likeness (QED) is 0.817. The summed E-state index contributed by atoms with van der Waals surface area (Å²) in [5.74, 6) is 1.12. The van der Waals surface area contributed by atoms with Crippen molar-refractivity contribution in [1.82, 2.24) is 10.1 Å². The van der Waals surface area contributed by atoms with Gasteiger partial charge in [-0.25, -0.2) is 0 Å². The van der Waals surface area contributed by atoms with Crippen LogP contribution in [0.4, 0.5) is 0 Å². The smallest absolute Gasteiger partial charge is 0.140 e. The van der Waals surface area contributed by atoms with E-state index in [1.807, 2.05) is 0 Å². The zero-order valence-corrected chi connectivity index (χ0v) is 14.0. The van der Waals surface area contributed by atoms with Gasteiger partial charge in [0.2, 0.25) is 0 Å². The van der Waals surface area contributed by atoms with Crippen molar-refractivity contribution in [3.05, 3.63) is 51.3 Å². The van der Waals surface area contributed by atoms with Gasteiger partial charge in [-0.15, -0.1) is 0 Å². The van der Waals surface area contributed by atoms with Crippen LogP contribution < -0.4 is 0 Å². The first-order chi connectivity index (χ1) is 10.2. The van der Waals surface area contributed by atoms with Gasteiger partial charge in [-0.3, -0.25) is 0 Å². The number of benzene rings is 1. The predicted molar refractivity (Wildman–Crippen MR) is 87.3 cm³/mol. The number of rotatable bonds is 5. The molecule has 0 fully saturated rings. The van der Waals surface area contributed by atoms with Crippen molar-refractivity contribution in [3.63, 3.8) is 0 Å². The van der Waals surface area contributed by atoms with Gasteiger partial charge in [0, 0.05) is 29.5 Å². The summed E-state index contributed by atoms with van der Waals surface area (Å²) >= 11 is 3.47. The fraction of sp³-hybridized carbons (Fsp3) is 0.471. The average molecular weight is 349 g/mol. The molecule has 0 saturated carbocycles. The topological polar surface area (TPSA) is 29.3 Å². The molecule has 112 valence electrons. The standard InChI is InChI=1S/C17H21BrN2O/c1-20(11-10-13-6-8-14(18)9-7-13)12-16-15-4-2-3-5-17(15)21-19-16/h6-9H,2-5,10-12H2,1H3. The molecule has 1 aromatic carbocycles. The van der Waals surface area contributed by atoms with Gasteiger partial charge >= 0.3 is 0 Å². The lowest BCUT2D eigenvalue weighted by Crippen LogP contribution is -2.21. The number of halogens is 1. The molecule has 21 heavy (non-hydrogen) atoms.